The fourth-order valence-corrected chi connectivity index (χ4v) is 3.55. The van der Waals surface area contributed by atoms with Gasteiger partial charge in [0.25, 0.3) is 0 Å². The van der Waals surface area contributed by atoms with Crippen LogP contribution in [-0.2, 0) is 22.8 Å². The molecule has 0 saturated carbocycles. The fraction of sp³-hybridized carbons (Fsp3) is 0.800. The standard InChI is InChI=1S/C10H22O5Si/c1-6-10(15-9-8-14-7-2)16(11-3,12-4)13-5/h7,10H,2,6,8-9H2,1,3-5H3. The average Bonchev–Trinajstić information content (AvgIpc) is 2.34. The van der Waals surface area contributed by atoms with E-state index in [0.29, 0.717) is 13.2 Å². The topological polar surface area (TPSA) is 46.2 Å². The van der Waals surface area contributed by atoms with E-state index in [2.05, 4.69) is 6.58 Å². The molecule has 0 aliphatic heterocycles. The molecule has 0 N–H and O–H groups in total. The molecule has 0 aliphatic carbocycles. The van der Waals surface area contributed by atoms with Crippen molar-refractivity contribution in [2.24, 2.45) is 0 Å². The summed E-state index contributed by atoms with van der Waals surface area (Å²) in [6, 6.07) is 0. The van der Waals surface area contributed by atoms with Crippen molar-refractivity contribution in [1.29, 1.82) is 0 Å². The zero-order chi connectivity index (χ0) is 12.4. The Morgan fingerprint density at radius 3 is 2.06 bits per heavy atom. The lowest BCUT2D eigenvalue weighted by Crippen LogP contribution is -2.55. The molecule has 5 nitrogen and oxygen atoms in total. The second-order valence-corrected chi connectivity index (χ2v) is 6.10. The zero-order valence-corrected chi connectivity index (χ0v) is 11.5. The largest absolute Gasteiger partial charge is 0.530 e. The lowest BCUT2D eigenvalue weighted by Gasteiger charge is -2.31. The van der Waals surface area contributed by atoms with Gasteiger partial charge < -0.3 is 22.8 Å². The Kier molecular flexibility index (Phi) is 8.50. The molecule has 6 heteroatoms. The molecule has 96 valence electrons. The lowest BCUT2D eigenvalue weighted by molar-refractivity contribution is -0.00222. The van der Waals surface area contributed by atoms with Gasteiger partial charge in [-0.05, 0) is 6.42 Å². The van der Waals surface area contributed by atoms with E-state index in [9.17, 15) is 0 Å². The Balaban J connectivity index is 4.26. The predicted octanol–water partition coefficient (Wildman–Crippen LogP) is 1.36. The minimum absolute atomic E-state index is 0.180. The first kappa shape index (κ1) is 15.6. The van der Waals surface area contributed by atoms with Gasteiger partial charge in [0.05, 0.1) is 12.9 Å². The summed E-state index contributed by atoms with van der Waals surface area (Å²) >= 11 is 0. The first-order chi connectivity index (χ1) is 7.70. The van der Waals surface area contributed by atoms with Gasteiger partial charge >= 0.3 is 8.80 Å². The molecule has 0 saturated heterocycles. The molecule has 0 aromatic heterocycles. The third-order valence-corrected chi connectivity index (χ3v) is 5.33. The second-order valence-electron chi connectivity index (χ2n) is 3.02. The molecule has 0 aliphatic rings. The molecule has 0 bridgehead atoms. The van der Waals surface area contributed by atoms with Crippen LogP contribution in [0.1, 0.15) is 13.3 Å². The Hall–Kier alpha value is -0.403. The van der Waals surface area contributed by atoms with Crippen LogP contribution < -0.4 is 0 Å². The molecule has 0 spiro atoms. The van der Waals surface area contributed by atoms with Gasteiger partial charge in [-0.25, -0.2) is 0 Å². The van der Waals surface area contributed by atoms with Crippen molar-refractivity contribution in [3.05, 3.63) is 12.8 Å². The number of ether oxygens (including phenoxy) is 2. The Morgan fingerprint density at radius 2 is 1.69 bits per heavy atom. The molecule has 1 unspecified atom stereocenters. The van der Waals surface area contributed by atoms with Crippen LogP contribution in [0.4, 0.5) is 0 Å². The van der Waals surface area contributed by atoms with Gasteiger partial charge in [-0.15, -0.1) is 0 Å². The van der Waals surface area contributed by atoms with E-state index in [4.69, 9.17) is 22.8 Å². The van der Waals surface area contributed by atoms with Crippen LogP contribution in [0.25, 0.3) is 0 Å². The molecule has 0 amide bonds. The molecular weight excluding hydrogens is 228 g/mol. The quantitative estimate of drug-likeness (QED) is 0.333. The highest BCUT2D eigenvalue weighted by atomic mass is 28.4. The average molecular weight is 250 g/mol. The third kappa shape index (κ3) is 4.23. The molecule has 0 rings (SSSR count). The molecule has 1 atom stereocenters. The van der Waals surface area contributed by atoms with E-state index in [0.717, 1.165) is 6.42 Å². The molecular formula is C10H22O5Si. The van der Waals surface area contributed by atoms with Gasteiger partial charge in [0.15, 0.2) is 0 Å². The summed E-state index contributed by atoms with van der Waals surface area (Å²) in [5, 5.41) is 0. The molecule has 0 aromatic rings. The predicted molar refractivity (Wildman–Crippen MR) is 63.0 cm³/mol. The van der Waals surface area contributed by atoms with E-state index in [1.807, 2.05) is 6.92 Å². The minimum Gasteiger partial charge on any atom is -0.499 e. The fourth-order valence-electron chi connectivity index (χ4n) is 1.44. The van der Waals surface area contributed by atoms with E-state index < -0.39 is 8.80 Å². The second kappa shape index (κ2) is 8.71. The first-order valence-corrected chi connectivity index (χ1v) is 7.00. The van der Waals surface area contributed by atoms with Crippen molar-refractivity contribution in [3.8, 4) is 0 Å². The highest BCUT2D eigenvalue weighted by Gasteiger charge is 2.47. The highest BCUT2D eigenvalue weighted by Crippen LogP contribution is 2.17. The van der Waals surface area contributed by atoms with Gasteiger partial charge in [0, 0.05) is 21.3 Å². The van der Waals surface area contributed by atoms with Gasteiger partial charge in [0.1, 0.15) is 12.3 Å². The van der Waals surface area contributed by atoms with Crippen molar-refractivity contribution in [3.63, 3.8) is 0 Å². The van der Waals surface area contributed by atoms with Crippen molar-refractivity contribution < 1.29 is 22.8 Å². The highest BCUT2D eigenvalue weighted by molar-refractivity contribution is 6.62. The molecule has 0 aromatic carbocycles. The maximum Gasteiger partial charge on any atom is 0.530 e. The van der Waals surface area contributed by atoms with Gasteiger partial charge in [-0.1, -0.05) is 13.5 Å². The van der Waals surface area contributed by atoms with Gasteiger partial charge in [-0.3, -0.25) is 0 Å². The summed E-state index contributed by atoms with van der Waals surface area (Å²) in [5.74, 6) is 0. The molecule has 0 heterocycles. The summed E-state index contributed by atoms with van der Waals surface area (Å²) in [4.78, 5) is 0. The summed E-state index contributed by atoms with van der Waals surface area (Å²) < 4.78 is 26.7. The zero-order valence-electron chi connectivity index (χ0n) is 10.5. The first-order valence-electron chi connectivity index (χ1n) is 5.20. The van der Waals surface area contributed by atoms with Gasteiger partial charge in [0.2, 0.25) is 0 Å². The molecule has 16 heavy (non-hydrogen) atoms. The molecule has 0 radical (unpaired) electrons. The third-order valence-electron chi connectivity index (χ3n) is 2.26. The Labute approximate surface area is 98.7 Å². The summed E-state index contributed by atoms with van der Waals surface area (Å²) in [6.07, 6.45) is 2.15. The van der Waals surface area contributed by atoms with Crippen LogP contribution in [-0.4, -0.2) is 49.1 Å². The van der Waals surface area contributed by atoms with E-state index in [-0.39, 0.29) is 5.73 Å². The summed E-state index contributed by atoms with van der Waals surface area (Å²) in [7, 11) is 2.01. The minimum atomic E-state index is -2.71. The maximum atomic E-state index is 5.65. The summed E-state index contributed by atoms with van der Waals surface area (Å²) in [6.45, 7) is 6.36. The van der Waals surface area contributed by atoms with E-state index >= 15 is 0 Å². The van der Waals surface area contributed by atoms with Crippen LogP contribution in [0.3, 0.4) is 0 Å². The number of hydrogen-bond donors (Lipinski definition) is 0. The van der Waals surface area contributed by atoms with Crippen LogP contribution in [0, 0.1) is 0 Å². The summed E-state index contributed by atoms with van der Waals surface area (Å²) in [5.41, 5.74) is -0.180. The number of rotatable bonds is 10. The van der Waals surface area contributed by atoms with Crippen molar-refractivity contribution in [2.75, 3.05) is 34.5 Å². The van der Waals surface area contributed by atoms with Crippen molar-refractivity contribution >= 4 is 8.80 Å². The SMILES string of the molecule is C=COCCOC(CC)[Si](OC)(OC)OC. The van der Waals surface area contributed by atoms with E-state index in [1.165, 1.54) is 6.26 Å². The number of hydrogen-bond acceptors (Lipinski definition) is 5. The van der Waals surface area contributed by atoms with Crippen LogP contribution in [0.5, 0.6) is 0 Å². The lowest BCUT2D eigenvalue weighted by atomic mass is 10.5. The van der Waals surface area contributed by atoms with Gasteiger partial charge in [-0.2, -0.15) is 0 Å². The van der Waals surface area contributed by atoms with Crippen molar-refractivity contribution in [1.82, 2.24) is 0 Å². The Bertz CT molecular complexity index is 176. The van der Waals surface area contributed by atoms with Crippen LogP contribution in [0.2, 0.25) is 0 Å². The monoisotopic (exact) mass is 250 g/mol. The van der Waals surface area contributed by atoms with E-state index in [1.54, 1.807) is 21.3 Å². The van der Waals surface area contributed by atoms with Crippen LogP contribution >= 0.6 is 0 Å². The normalized spacial score (nSPS) is 13.5. The van der Waals surface area contributed by atoms with Crippen molar-refractivity contribution in [2.45, 2.75) is 19.1 Å². The smallest absolute Gasteiger partial charge is 0.499 e. The maximum absolute atomic E-state index is 5.65. The Morgan fingerprint density at radius 1 is 1.12 bits per heavy atom. The molecule has 0 fully saturated rings. The van der Waals surface area contributed by atoms with Crippen LogP contribution in [0.15, 0.2) is 12.8 Å².